The summed E-state index contributed by atoms with van der Waals surface area (Å²) in [5, 5.41) is 3.31. The monoisotopic (exact) mass is 322 g/mol. The van der Waals surface area contributed by atoms with Crippen molar-refractivity contribution in [3.63, 3.8) is 0 Å². The second-order valence-corrected chi connectivity index (χ2v) is 6.54. The Morgan fingerprint density at radius 2 is 1.91 bits per heavy atom. The van der Waals surface area contributed by atoms with Crippen molar-refractivity contribution in [3.05, 3.63) is 35.4 Å². The maximum atomic E-state index is 12.7. The normalized spacial score (nSPS) is 27.4. The Labute approximate surface area is 139 Å². The van der Waals surface area contributed by atoms with Gasteiger partial charge in [0.25, 0.3) is 0 Å². The van der Waals surface area contributed by atoms with Gasteiger partial charge in [-0.05, 0) is 55.7 Å². The maximum Gasteiger partial charge on any atom is 0.227 e. The van der Waals surface area contributed by atoms with Crippen LogP contribution in [0.4, 0.5) is 0 Å². The summed E-state index contributed by atoms with van der Waals surface area (Å²) in [4.78, 5) is 12.7. The van der Waals surface area contributed by atoms with E-state index in [1.54, 1.807) is 0 Å². The number of aryl methyl sites for hydroxylation is 1. The quantitative estimate of drug-likeness (QED) is 0.898. The van der Waals surface area contributed by atoms with Gasteiger partial charge < -0.3 is 11.1 Å². The lowest BCUT2D eigenvalue weighted by atomic mass is 9.80. The van der Waals surface area contributed by atoms with Crippen molar-refractivity contribution >= 4 is 18.3 Å². The van der Waals surface area contributed by atoms with Gasteiger partial charge in [0.1, 0.15) is 0 Å². The lowest BCUT2D eigenvalue weighted by Crippen LogP contribution is -2.46. The molecule has 122 valence electrons. The van der Waals surface area contributed by atoms with Crippen LogP contribution < -0.4 is 11.1 Å². The zero-order valence-corrected chi connectivity index (χ0v) is 13.9. The van der Waals surface area contributed by atoms with Gasteiger partial charge in [0.05, 0.1) is 5.92 Å². The minimum Gasteiger partial charge on any atom is -0.353 e. The fourth-order valence-corrected chi connectivity index (χ4v) is 3.99. The molecule has 1 saturated carbocycles. The molecule has 1 amide bonds. The summed E-state index contributed by atoms with van der Waals surface area (Å²) in [6.45, 7) is 0.687. The van der Waals surface area contributed by atoms with E-state index in [4.69, 9.17) is 5.73 Å². The number of amides is 1. The predicted octanol–water partition coefficient (Wildman–Crippen LogP) is 3.16. The Morgan fingerprint density at radius 1 is 1.14 bits per heavy atom. The molecule has 22 heavy (non-hydrogen) atoms. The summed E-state index contributed by atoms with van der Waals surface area (Å²) in [5.41, 5.74) is 8.46. The molecule has 4 heteroatoms. The molecule has 0 radical (unpaired) electrons. The van der Waals surface area contributed by atoms with E-state index in [0.717, 1.165) is 32.1 Å². The number of fused-ring (bicyclic) bond motifs is 1. The molecule has 3 atom stereocenters. The number of halogens is 1. The van der Waals surface area contributed by atoms with Crippen molar-refractivity contribution in [1.29, 1.82) is 0 Å². The van der Waals surface area contributed by atoms with Crippen LogP contribution >= 0.6 is 12.4 Å². The van der Waals surface area contributed by atoms with Crippen LogP contribution in [0, 0.1) is 5.92 Å². The first-order chi connectivity index (χ1) is 10.3. The molecule has 0 heterocycles. The van der Waals surface area contributed by atoms with Crippen molar-refractivity contribution in [3.8, 4) is 0 Å². The van der Waals surface area contributed by atoms with Crippen molar-refractivity contribution in [2.75, 3.05) is 6.54 Å². The van der Waals surface area contributed by atoms with E-state index in [1.165, 1.54) is 24.0 Å². The van der Waals surface area contributed by atoms with Crippen molar-refractivity contribution in [2.24, 2.45) is 11.7 Å². The third-order valence-corrected chi connectivity index (χ3v) is 5.23. The number of rotatable bonds is 3. The number of hydrogen-bond donors (Lipinski definition) is 2. The molecule has 3 unspecified atom stereocenters. The fraction of sp³-hybridized carbons (Fsp3) is 0.611. The summed E-state index contributed by atoms with van der Waals surface area (Å²) in [5.74, 6) is 0.712. The molecular weight excluding hydrogens is 296 g/mol. The number of hydrogen-bond acceptors (Lipinski definition) is 2. The van der Waals surface area contributed by atoms with Crippen LogP contribution in [-0.4, -0.2) is 18.5 Å². The van der Waals surface area contributed by atoms with Crippen LogP contribution in [0.3, 0.4) is 0 Å². The van der Waals surface area contributed by atoms with Gasteiger partial charge in [-0.1, -0.05) is 37.1 Å². The first kappa shape index (κ1) is 17.3. The van der Waals surface area contributed by atoms with E-state index >= 15 is 0 Å². The number of carbonyl (C=O) groups is 1. The molecule has 3 N–H and O–H groups in total. The Morgan fingerprint density at radius 3 is 2.73 bits per heavy atom. The number of carbonyl (C=O) groups excluding carboxylic acids is 1. The maximum absolute atomic E-state index is 12.7. The molecular formula is C18H27ClN2O. The lowest BCUT2D eigenvalue weighted by molar-refractivity contribution is -0.124. The Bertz CT molecular complexity index is 506. The van der Waals surface area contributed by atoms with E-state index in [9.17, 15) is 4.79 Å². The smallest absolute Gasteiger partial charge is 0.227 e. The second-order valence-electron chi connectivity index (χ2n) is 6.54. The van der Waals surface area contributed by atoms with Crippen molar-refractivity contribution in [1.82, 2.24) is 5.32 Å². The first-order valence-corrected chi connectivity index (χ1v) is 8.38. The minimum absolute atomic E-state index is 0. The van der Waals surface area contributed by atoms with Gasteiger partial charge in [-0.25, -0.2) is 0 Å². The SMILES string of the molecule is Cl.NCC1CCCCC1NC(=O)C1CCCc2ccccc21. The highest BCUT2D eigenvalue weighted by Crippen LogP contribution is 2.32. The Hall–Kier alpha value is -1.06. The van der Waals surface area contributed by atoms with E-state index in [0.29, 0.717) is 12.5 Å². The number of nitrogens with two attached hydrogens (primary N) is 1. The van der Waals surface area contributed by atoms with Gasteiger partial charge in [-0.15, -0.1) is 12.4 Å². The molecule has 2 aliphatic rings. The van der Waals surface area contributed by atoms with E-state index in [1.807, 2.05) is 6.07 Å². The van der Waals surface area contributed by atoms with Crippen LogP contribution in [0.25, 0.3) is 0 Å². The number of nitrogens with one attached hydrogen (secondary N) is 1. The predicted molar refractivity (Wildman–Crippen MR) is 92.3 cm³/mol. The van der Waals surface area contributed by atoms with Gasteiger partial charge >= 0.3 is 0 Å². The lowest BCUT2D eigenvalue weighted by Gasteiger charge is -2.33. The largest absolute Gasteiger partial charge is 0.353 e. The highest BCUT2D eigenvalue weighted by Gasteiger charge is 2.30. The average Bonchev–Trinajstić information content (AvgIpc) is 2.54. The standard InChI is InChI=1S/C18H26N2O.ClH/c19-12-14-7-2-4-11-17(14)20-18(21)16-10-5-8-13-6-1-3-9-15(13)16;/h1,3,6,9,14,16-17H,2,4-5,7-8,10-12,19H2,(H,20,21);1H. The summed E-state index contributed by atoms with van der Waals surface area (Å²) in [6.07, 6.45) is 7.89. The summed E-state index contributed by atoms with van der Waals surface area (Å²) < 4.78 is 0. The molecule has 0 aromatic heterocycles. The summed E-state index contributed by atoms with van der Waals surface area (Å²) in [7, 11) is 0. The van der Waals surface area contributed by atoms with Gasteiger partial charge in [-0.2, -0.15) is 0 Å². The molecule has 2 aliphatic carbocycles. The zero-order chi connectivity index (χ0) is 14.7. The third-order valence-electron chi connectivity index (χ3n) is 5.23. The summed E-state index contributed by atoms with van der Waals surface area (Å²) in [6, 6.07) is 8.70. The average molecular weight is 323 g/mol. The molecule has 0 spiro atoms. The second kappa shape index (κ2) is 7.98. The fourth-order valence-electron chi connectivity index (χ4n) is 3.99. The van der Waals surface area contributed by atoms with Crippen molar-refractivity contribution in [2.45, 2.75) is 56.9 Å². The minimum atomic E-state index is 0. The molecule has 3 nitrogen and oxygen atoms in total. The third kappa shape index (κ3) is 3.64. The molecule has 0 bridgehead atoms. The number of benzene rings is 1. The molecule has 0 aliphatic heterocycles. The van der Waals surface area contributed by atoms with Crippen LogP contribution in [0.2, 0.25) is 0 Å². The zero-order valence-electron chi connectivity index (χ0n) is 13.1. The Kier molecular flexibility index (Phi) is 6.27. The highest BCUT2D eigenvalue weighted by molar-refractivity contribution is 5.85. The van der Waals surface area contributed by atoms with Gasteiger partial charge in [-0.3, -0.25) is 4.79 Å². The molecule has 0 saturated heterocycles. The first-order valence-electron chi connectivity index (χ1n) is 8.38. The summed E-state index contributed by atoms with van der Waals surface area (Å²) >= 11 is 0. The molecule has 1 aromatic carbocycles. The highest BCUT2D eigenvalue weighted by atomic mass is 35.5. The molecule has 1 aromatic rings. The topological polar surface area (TPSA) is 55.1 Å². The molecule has 3 rings (SSSR count). The van der Waals surface area contributed by atoms with E-state index in [-0.39, 0.29) is 30.3 Å². The van der Waals surface area contributed by atoms with Crippen LogP contribution in [0.1, 0.15) is 55.6 Å². The van der Waals surface area contributed by atoms with Crippen LogP contribution in [0.5, 0.6) is 0 Å². The van der Waals surface area contributed by atoms with Gasteiger partial charge in [0.15, 0.2) is 0 Å². The van der Waals surface area contributed by atoms with Gasteiger partial charge in [0.2, 0.25) is 5.91 Å². The Balaban J connectivity index is 0.00000176. The molecule has 1 fully saturated rings. The van der Waals surface area contributed by atoms with E-state index < -0.39 is 0 Å². The van der Waals surface area contributed by atoms with Crippen LogP contribution in [-0.2, 0) is 11.2 Å². The van der Waals surface area contributed by atoms with Crippen LogP contribution in [0.15, 0.2) is 24.3 Å². The van der Waals surface area contributed by atoms with Gasteiger partial charge in [0, 0.05) is 6.04 Å². The van der Waals surface area contributed by atoms with Crippen molar-refractivity contribution < 1.29 is 4.79 Å². The van der Waals surface area contributed by atoms with E-state index in [2.05, 4.69) is 23.5 Å².